The lowest BCUT2D eigenvalue weighted by Gasteiger charge is -2.17. The predicted molar refractivity (Wildman–Crippen MR) is 72.3 cm³/mol. The van der Waals surface area contributed by atoms with Crippen molar-refractivity contribution in [2.75, 3.05) is 13.1 Å². The summed E-state index contributed by atoms with van der Waals surface area (Å²) in [6.07, 6.45) is 1.83. The molecule has 1 heterocycles. The van der Waals surface area contributed by atoms with Crippen LogP contribution in [0, 0.1) is 0 Å². The van der Waals surface area contributed by atoms with Gasteiger partial charge >= 0.3 is 0 Å². The number of hydrogen-bond donors (Lipinski definition) is 2. The molecule has 18 heavy (non-hydrogen) atoms. The maximum Gasteiger partial charge on any atom is 0.124 e. The number of aromatic amines is 1. The molecule has 96 valence electrons. The topological polar surface area (TPSA) is 52.2 Å². The molecule has 0 bridgehead atoms. The molecular formula is C14H19N3O. The summed E-state index contributed by atoms with van der Waals surface area (Å²) in [6.45, 7) is 7.13. The fraction of sp³-hybridized carbons (Fsp3) is 0.357. The Kier molecular flexibility index (Phi) is 3.99. The van der Waals surface area contributed by atoms with Gasteiger partial charge in [-0.2, -0.15) is 5.10 Å². The van der Waals surface area contributed by atoms with E-state index >= 15 is 0 Å². The van der Waals surface area contributed by atoms with Crippen LogP contribution in [0.25, 0.3) is 11.3 Å². The van der Waals surface area contributed by atoms with E-state index in [0.717, 1.165) is 36.5 Å². The van der Waals surface area contributed by atoms with Gasteiger partial charge in [-0.05, 0) is 25.2 Å². The molecule has 0 fully saturated rings. The third kappa shape index (κ3) is 2.54. The summed E-state index contributed by atoms with van der Waals surface area (Å²) < 4.78 is 0. The number of benzene rings is 1. The van der Waals surface area contributed by atoms with E-state index in [1.54, 1.807) is 6.07 Å². The van der Waals surface area contributed by atoms with Crippen LogP contribution < -0.4 is 0 Å². The third-order valence-corrected chi connectivity index (χ3v) is 3.18. The van der Waals surface area contributed by atoms with Crippen molar-refractivity contribution in [2.45, 2.75) is 20.4 Å². The Labute approximate surface area is 107 Å². The zero-order valence-corrected chi connectivity index (χ0v) is 10.8. The van der Waals surface area contributed by atoms with E-state index in [0.29, 0.717) is 0 Å². The molecule has 0 spiro atoms. The normalized spacial score (nSPS) is 11.1. The number of nitrogens with zero attached hydrogens (tertiary/aromatic N) is 2. The second kappa shape index (κ2) is 5.69. The number of phenolic OH excluding ortho intramolecular Hbond substituents is 1. The van der Waals surface area contributed by atoms with Crippen molar-refractivity contribution in [3.05, 3.63) is 36.0 Å². The third-order valence-electron chi connectivity index (χ3n) is 3.18. The Morgan fingerprint density at radius 1 is 1.22 bits per heavy atom. The van der Waals surface area contributed by atoms with Crippen LogP contribution in [-0.2, 0) is 6.54 Å². The van der Waals surface area contributed by atoms with Gasteiger partial charge in [-0.15, -0.1) is 0 Å². The first-order valence-corrected chi connectivity index (χ1v) is 6.29. The van der Waals surface area contributed by atoms with Gasteiger partial charge in [-0.3, -0.25) is 10.00 Å². The zero-order chi connectivity index (χ0) is 13.0. The highest BCUT2D eigenvalue weighted by Gasteiger charge is 2.12. The summed E-state index contributed by atoms with van der Waals surface area (Å²) >= 11 is 0. The van der Waals surface area contributed by atoms with E-state index in [9.17, 15) is 5.11 Å². The maximum atomic E-state index is 9.89. The predicted octanol–water partition coefficient (Wildman–Crippen LogP) is 2.62. The fourth-order valence-electron chi connectivity index (χ4n) is 2.04. The largest absolute Gasteiger partial charge is 0.507 e. The molecule has 1 aromatic heterocycles. The van der Waals surface area contributed by atoms with Gasteiger partial charge in [0.15, 0.2) is 0 Å². The molecule has 4 nitrogen and oxygen atoms in total. The van der Waals surface area contributed by atoms with E-state index in [1.807, 2.05) is 24.4 Å². The van der Waals surface area contributed by atoms with Crippen molar-refractivity contribution < 1.29 is 5.11 Å². The van der Waals surface area contributed by atoms with Gasteiger partial charge in [0.2, 0.25) is 0 Å². The number of aromatic hydroxyl groups is 1. The average Bonchev–Trinajstić information content (AvgIpc) is 2.84. The van der Waals surface area contributed by atoms with E-state index in [4.69, 9.17) is 0 Å². The number of rotatable bonds is 5. The molecule has 0 saturated heterocycles. The lowest BCUT2D eigenvalue weighted by Crippen LogP contribution is -2.22. The van der Waals surface area contributed by atoms with Gasteiger partial charge in [0.25, 0.3) is 0 Å². The monoisotopic (exact) mass is 245 g/mol. The number of hydrogen-bond acceptors (Lipinski definition) is 3. The second-order valence-electron chi connectivity index (χ2n) is 4.25. The zero-order valence-electron chi connectivity index (χ0n) is 10.8. The summed E-state index contributed by atoms with van der Waals surface area (Å²) in [5, 5.41) is 17.0. The van der Waals surface area contributed by atoms with Crippen LogP contribution in [0.15, 0.2) is 30.5 Å². The maximum absolute atomic E-state index is 9.89. The smallest absolute Gasteiger partial charge is 0.124 e. The summed E-state index contributed by atoms with van der Waals surface area (Å²) in [5.74, 6) is 0.280. The van der Waals surface area contributed by atoms with Crippen LogP contribution in [-0.4, -0.2) is 33.3 Å². The Bertz CT molecular complexity index is 503. The Balaban J connectivity index is 2.31. The van der Waals surface area contributed by atoms with Crippen molar-refractivity contribution in [1.82, 2.24) is 15.1 Å². The van der Waals surface area contributed by atoms with Gasteiger partial charge in [0.05, 0.1) is 11.9 Å². The second-order valence-corrected chi connectivity index (χ2v) is 4.25. The van der Waals surface area contributed by atoms with Gasteiger partial charge in [-0.1, -0.05) is 26.0 Å². The van der Waals surface area contributed by atoms with E-state index in [1.165, 1.54) is 0 Å². The molecule has 2 N–H and O–H groups in total. The van der Waals surface area contributed by atoms with Crippen molar-refractivity contribution in [3.63, 3.8) is 0 Å². The lowest BCUT2D eigenvalue weighted by molar-refractivity contribution is 0.296. The Morgan fingerprint density at radius 3 is 2.61 bits per heavy atom. The van der Waals surface area contributed by atoms with Gasteiger partial charge < -0.3 is 5.11 Å². The number of H-pyrrole nitrogens is 1. The molecule has 2 aromatic rings. The molecule has 4 heteroatoms. The Morgan fingerprint density at radius 2 is 1.94 bits per heavy atom. The number of phenols is 1. The first-order chi connectivity index (χ1) is 8.76. The van der Waals surface area contributed by atoms with Crippen LogP contribution in [0.4, 0.5) is 0 Å². The van der Waals surface area contributed by atoms with Gasteiger partial charge in [0, 0.05) is 17.7 Å². The number of aromatic nitrogens is 2. The van der Waals surface area contributed by atoms with Crippen molar-refractivity contribution in [3.8, 4) is 17.0 Å². The quantitative estimate of drug-likeness (QED) is 0.851. The summed E-state index contributed by atoms with van der Waals surface area (Å²) in [7, 11) is 0. The van der Waals surface area contributed by atoms with Crippen LogP contribution >= 0.6 is 0 Å². The number of para-hydroxylation sites is 1. The molecule has 0 amide bonds. The Hall–Kier alpha value is -1.81. The standard InChI is InChI=1S/C14H19N3O/c1-3-17(4-2)10-11-9-15-16-14(11)12-7-5-6-8-13(12)18/h5-9,18H,3-4,10H2,1-2H3,(H,15,16). The lowest BCUT2D eigenvalue weighted by atomic mass is 10.1. The highest BCUT2D eigenvalue weighted by atomic mass is 16.3. The van der Waals surface area contributed by atoms with E-state index in [-0.39, 0.29) is 5.75 Å². The minimum Gasteiger partial charge on any atom is -0.507 e. The fourth-order valence-corrected chi connectivity index (χ4v) is 2.04. The molecule has 0 aliphatic carbocycles. The minimum absolute atomic E-state index is 0.280. The molecule has 2 rings (SSSR count). The first-order valence-electron chi connectivity index (χ1n) is 6.29. The molecule has 0 unspecified atom stereocenters. The molecule has 0 aliphatic rings. The van der Waals surface area contributed by atoms with Crippen LogP contribution in [0.3, 0.4) is 0 Å². The van der Waals surface area contributed by atoms with Gasteiger partial charge in [0.1, 0.15) is 5.75 Å². The van der Waals surface area contributed by atoms with E-state index < -0.39 is 0 Å². The first kappa shape index (κ1) is 12.6. The van der Waals surface area contributed by atoms with E-state index in [2.05, 4.69) is 28.9 Å². The van der Waals surface area contributed by atoms with Crippen LogP contribution in [0.5, 0.6) is 5.75 Å². The summed E-state index contributed by atoms with van der Waals surface area (Å²) in [4.78, 5) is 2.31. The van der Waals surface area contributed by atoms with Crippen molar-refractivity contribution >= 4 is 0 Å². The van der Waals surface area contributed by atoms with Crippen molar-refractivity contribution in [2.24, 2.45) is 0 Å². The molecule has 0 radical (unpaired) electrons. The SMILES string of the molecule is CCN(CC)Cc1cn[nH]c1-c1ccccc1O. The molecular weight excluding hydrogens is 226 g/mol. The molecule has 0 saturated carbocycles. The molecule has 0 atom stereocenters. The van der Waals surface area contributed by atoms with Crippen LogP contribution in [0.2, 0.25) is 0 Å². The molecule has 0 aliphatic heterocycles. The summed E-state index contributed by atoms with van der Waals surface area (Å²) in [5.41, 5.74) is 2.82. The minimum atomic E-state index is 0.280. The average molecular weight is 245 g/mol. The van der Waals surface area contributed by atoms with Crippen molar-refractivity contribution in [1.29, 1.82) is 0 Å². The highest BCUT2D eigenvalue weighted by Crippen LogP contribution is 2.29. The summed E-state index contributed by atoms with van der Waals surface area (Å²) in [6, 6.07) is 7.32. The number of nitrogens with one attached hydrogen (secondary N) is 1. The van der Waals surface area contributed by atoms with Gasteiger partial charge in [-0.25, -0.2) is 0 Å². The van der Waals surface area contributed by atoms with Crippen LogP contribution in [0.1, 0.15) is 19.4 Å². The molecule has 1 aromatic carbocycles. The highest BCUT2D eigenvalue weighted by molar-refractivity contribution is 5.69.